The molecule has 1 saturated heterocycles. The smallest absolute Gasteiger partial charge is 0.227 e. The summed E-state index contributed by atoms with van der Waals surface area (Å²) in [6.07, 6.45) is 4.81. The number of rotatable bonds is 3. The number of piperidine rings is 1. The predicted octanol–water partition coefficient (Wildman–Crippen LogP) is 2.57. The first-order chi connectivity index (χ1) is 12.1. The summed E-state index contributed by atoms with van der Waals surface area (Å²) in [5.41, 5.74) is 2.47. The Labute approximate surface area is 149 Å². The van der Waals surface area contributed by atoms with Crippen molar-refractivity contribution < 1.29 is 14.3 Å². The average Bonchev–Trinajstić information content (AvgIpc) is 2.67. The van der Waals surface area contributed by atoms with Crippen LogP contribution in [0.4, 0.5) is 0 Å². The minimum Gasteiger partial charge on any atom is -0.497 e. The lowest BCUT2D eigenvalue weighted by atomic mass is 9.94. The van der Waals surface area contributed by atoms with Gasteiger partial charge >= 0.3 is 0 Å². The molecule has 2 heterocycles. The SMILES string of the molecule is COc1ccc(C2=CCN(C(=O)[C@H]3CCCN(C(C)=O)C3)CC2)cc1. The first-order valence-electron chi connectivity index (χ1n) is 8.96. The molecule has 0 radical (unpaired) electrons. The van der Waals surface area contributed by atoms with Gasteiger partial charge in [-0.15, -0.1) is 0 Å². The fraction of sp³-hybridized carbons (Fsp3) is 0.500. The van der Waals surface area contributed by atoms with Crippen LogP contribution in [0.3, 0.4) is 0 Å². The molecule has 0 bridgehead atoms. The molecule has 3 rings (SSSR count). The van der Waals surface area contributed by atoms with Gasteiger partial charge in [0.2, 0.25) is 11.8 Å². The van der Waals surface area contributed by atoms with Gasteiger partial charge in [-0.25, -0.2) is 0 Å². The van der Waals surface area contributed by atoms with Crippen molar-refractivity contribution in [3.63, 3.8) is 0 Å². The van der Waals surface area contributed by atoms with Gasteiger partial charge in [0.1, 0.15) is 5.75 Å². The number of amides is 2. The van der Waals surface area contributed by atoms with Crippen LogP contribution in [0.25, 0.3) is 5.57 Å². The summed E-state index contributed by atoms with van der Waals surface area (Å²) in [4.78, 5) is 28.1. The molecule has 0 saturated carbocycles. The van der Waals surface area contributed by atoms with Crippen molar-refractivity contribution >= 4 is 17.4 Å². The van der Waals surface area contributed by atoms with E-state index in [9.17, 15) is 9.59 Å². The molecule has 1 fully saturated rings. The number of nitrogens with zero attached hydrogens (tertiary/aromatic N) is 2. The quantitative estimate of drug-likeness (QED) is 0.848. The summed E-state index contributed by atoms with van der Waals surface area (Å²) >= 11 is 0. The number of likely N-dealkylation sites (tertiary alicyclic amines) is 1. The topological polar surface area (TPSA) is 49.9 Å². The van der Waals surface area contributed by atoms with Crippen molar-refractivity contribution in [1.82, 2.24) is 9.80 Å². The molecule has 0 N–H and O–H groups in total. The zero-order chi connectivity index (χ0) is 17.8. The Bertz CT molecular complexity index is 666. The van der Waals surface area contributed by atoms with Crippen molar-refractivity contribution in [1.29, 1.82) is 0 Å². The van der Waals surface area contributed by atoms with Crippen LogP contribution in [0.5, 0.6) is 5.75 Å². The van der Waals surface area contributed by atoms with E-state index < -0.39 is 0 Å². The Balaban J connectivity index is 1.61. The maximum atomic E-state index is 12.8. The molecule has 1 atom stereocenters. The van der Waals surface area contributed by atoms with E-state index in [1.807, 2.05) is 17.0 Å². The summed E-state index contributed by atoms with van der Waals surface area (Å²) in [6, 6.07) is 8.06. The maximum Gasteiger partial charge on any atom is 0.227 e. The number of carbonyl (C=O) groups excluding carboxylic acids is 2. The standard InChI is InChI=1S/C20H26N2O3/c1-15(23)22-11-3-4-18(14-22)20(24)21-12-9-17(10-13-21)16-5-7-19(25-2)8-6-16/h5-9,18H,3-4,10-14H2,1-2H3/t18-/m0/s1. The van der Waals surface area contributed by atoms with E-state index in [1.165, 1.54) is 11.1 Å². The molecule has 2 aliphatic rings. The summed E-state index contributed by atoms with van der Waals surface area (Å²) in [5, 5.41) is 0. The molecule has 0 aromatic heterocycles. The lowest BCUT2D eigenvalue weighted by Crippen LogP contribution is -2.47. The monoisotopic (exact) mass is 342 g/mol. The molecule has 2 amide bonds. The van der Waals surface area contributed by atoms with Crippen LogP contribution in [-0.4, -0.2) is 54.9 Å². The van der Waals surface area contributed by atoms with Gasteiger partial charge in [0.25, 0.3) is 0 Å². The fourth-order valence-corrected chi connectivity index (χ4v) is 3.66. The summed E-state index contributed by atoms with van der Waals surface area (Å²) in [5.74, 6) is 1.06. The minimum absolute atomic E-state index is 0.0476. The van der Waals surface area contributed by atoms with Crippen LogP contribution in [0.15, 0.2) is 30.3 Å². The number of hydrogen-bond acceptors (Lipinski definition) is 3. The fourth-order valence-electron chi connectivity index (χ4n) is 3.66. The highest BCUT2D eigenvalue weighted by Gasteiger charge is 2.30. The molecule has 2 aliphatic heterocycles. The van der Waals surface area contributed by atoms with Gasteiger partial charge < -0.3 is 14.5 Å². The Morgan fingerprint density at radius 3 is 2.48 bits per heavy atom. The Kier molecular flexibility index (Phi) is 5.41. The molecule has 134 valence electrons. The highest BCUT2D eigenvalue weighted by Crippen LogP contribution is 2.26. The highest BCUT2D eigenvalue weighted by molar-refractivity contribution is 5.82. The molecule has 0 spiro atoms. The minimum atomic E-state index is -0.0476. The molecule has 5 heteroatoms. The van der Waals surface area contributed by atoms with Crippen LogP contribution in [-0.2, 0) is 9.59 Å². The second kappa shape index (κ2) is 7.72. The number of benzene rings is 1. The van der Waals surface area contributed by atoms with Crippen molar-refractivity contribution in [3.05, 3.63) is 35.9 Å². The lowest BCUT2D eigenvalue weighted by Gasteiger charge is -2.35. The van der Waals surface area contributed by atoms with Crippen LogP contribution >= 0.6 is 0 Å². The Morgan fingerprint density at radius 1 is 1.12 bits per heavy atom. The molecular formula is C20H26N2O3. The normalized spacial score (nSPS) is 20.9. The second-order valence-corrected chi connectivity index (χ2v) is 6.80. The molecular weight excluding hydrogens is 316 g/mol. The molecule has 1 aromatic rings. The first-order valence-corrected chi connectivity index (χ1v) is 8.96. The molecule has 1 aromatic carbocycles. The average molecular weight is 342 g/mol. The van der Waals surface area contributed by atoms with Gasteiger partial charge in [0.05, 0.1) is 13.0 Å². The van der Waals surface area contributed by atoms with E-state index in [2.05, 4.69) is 18.2 Å². The van der Waals surface area contributed by atoms with Gasteiger partial charge in [-0.1, -0.05) is 18.2 Å². The number of methoxy groups -OCH3 is 1. The number of carbonyl (C=O) groups is 2. The van der Waals surface area contributed by atoms with E-state index in [0.29, 0.717) is 13.1 Å². The van der Waals surface area contributed by atoms with E-state index in [-0.39, 0.29) is 17.7 Å². The van der Waals surface area contributed by atoms with E-state index in [1.54, 1.807) is 18.9 Å². The number of hydrogen-bond donors (Lipinski definition) is 0. The third-order valence-corrected chi connectivity index (χ3v) is 5.20. The van der Waals surface area contributed by atoms with Gasteiger partial charge in [-0.3, -0.25) is 9.59 Å². The van der Waals surface area contributed by atoms with Gasteiger partial charge in [-0.05, 0) is 42.5 Å². The van der Waals surface area contributed by atoms with Crippen molar-refractivity contribution in [2.24, 2.45) is 5.92 Å². The summed E-state index contributed by atoms with van der Waals surface area (Å²) in [7, 11) is 1.66. The lowest BCUT2D eigenvalue weighted by molar-refractivity contribution is -0.139. The summed E-state index contributed by atoms with van der Waals surface area (Å²) < 4.78 is 5.20. The Hall–Kier alpha value is -2.30. The van der Waals surface area contributed by atoms with Crippen LogP contribution < -0.4 is 4.74 Å². The zero-order valence-corrected chi connectivity index (χ0v) is 15.0. The van der Waals surface area contributed by atoms with E-state index >= 15 is 0 Å². The third kappa shape index (κ3) is 4.03. The second-order valence-electron chi connectivity index (χ2n) is 6.80. The van der Waals surface area contributed by atoms with Crippen molar-refractivity contribution in [3.8, 4) is 5.75 Å². The zero-order valence-electron chi connectivity index (χ0n) is 15.0. The van der Waals surface area contributed by atoms with Crippen LogP contribution in [0.2, 0.25) is 0 Å². The number of ether oxygens (including phenoxy) is 1. The molecule has 0 unspecified atom stereocenters. The van der Waals surface area contributed by atoms with Crippen molar-refractivity contribution in [2.75, 3.05) is 33.3 Å². The van der Waals surface area contributed by atoms with E-state index in [4.69, 9.17) is 4.74 Å². The van der Waals surface area contributed by atoms with Crippen LogP contribution in [0, 0.1) is 5.92 Å². The van der Waals surface area contributed by atoms with Gasteiger partial charge in [0.15, 0.2) is 0 Å². The molecule has 0 aliphatic carbocycles. The highest BCUT2D eigenvalue weighted by atomic mass is 16.5. The summed E-state index contributed by atoms with van der Waals surface area (Å²) in [6.45, 7) is 4.32. The van der Waals surface area contributed by atoms with E-state index in [0.717, 1.165) is 38.1 Å². The van der Waals surface area contributed by atoms with Crippen LogP contribution in [0.1, 0.15) is 31.7 Å². The van der Waals surface area contributed by atoms with Crippen molar-refractivity contribution in [2.45, 2.75) is 26.2 Å². The van der Waals surface area contributed by atoms with Gasteiger partial charge in [0, 0.05) is 33.1 Å². The van der Waals surface area contributed by atoms with Gasteiger partial charge in [-0.2, -0.15) is 0 Å². The Morgan fingerprint density at radius 2 is 1.88 bits per heavy atom. The molecule has 5 nitrogen and oxygen atoms in total. The molecule has 25 heavy (non-hydrogen) atoms. The first kappa shape index (κ1) is 17.5. The largest absolute Gasteiger partial charge is 0.497 e. The predicted molar refractivity (Wildman–Crippen MR) is 97.1 cm³/mol. The third-order valence-electron chi connectivity index (χ3n) is 5.20. The maximum absolute atomic E-state index is 12.8.